The third-order valence-electron chi connectivity index (χ3n) is 3.29. The Morgan fingerprint density at radius 2 is 1.77 bits per heavy atom. The van der Waals surface area contributed by atoms with E-state index in [1.165, 1.54) is 43.3 Å². The van der Waals surface area contributed by atoms with Crippen molar-refractivity contribution >= 4 is 39.1 Å². The Hall–Kier alpha value is -2.45. The quantitative estimate of drug-likeness (QED) is 0.594. The Kier molecular flexibility index (Phi) is 5.99. The van der Waals surface area contributed by atoms with E-state index in [2.05, 4.69) is 4.72 Å². The molecule has 0 aliphatic carbocycles. The van der Waals surface area contributed by atoms with Gasteiger partial charge in [-0.1, -0.05) is 17.7 Å². The lowest BCUT2D eigenvalue weighted by atomic mass is 10.1. The number of benzene rings is 2. The normalized spacial score (nSPS) is 12.3. The van der Waals surface area contributed by atoms with Crippen LogP contribution in [0.5, 0.6) is 0 Å². The number of ketones is 1. The SMILES string of the molecule is C[C@H](OC(=O)c1c(F)cccc1Cl)C(=O)c1ccc(NS(C)(=O)=O)cc1. The van der Waals surface area contributed by atoms with Gasteiger partial charge >= 0.3 is 5.97 Å². The summed E-state index contributed by atoms with van der Waals surface area (Å²) in [4.78, 5) is 24.4. The molecule has 0 spiro atoms. The first-order chi connectivity index (χ1) is 12.1. The van der Waals surface area contributed by atoms with Crippen molar-refractivity contribution in [1.82, 2.24) is 0 Å². The second-order valence-electron chi connectivity index (χ2n) is 5.46. The average molecular weight is 400 g/mol. The van der Waals surface area contributed by atoms with Crippen molar-refractivity contribution in [3.05, 3.63) is 64.4 Å². The van der Waals surface area contributed by atoms with Gasteiger partial charge in [0.1, 0.15) is 11.4 Å². The number of esters is 1. The summed E-state index contributed by atoms with van der Waals surface area (Å²) in [5.41, 5.74) is 0.0392. The number of halogens is 2. The van der Waals surface area contributed by atoms with E-state index in [1.54, 1.807) is 0 Å². The van der Waals surface area contributed by atoms with Gasteiger partial charge in [0.25, 0.3) is 0 Å². The molecule has 0 fully saturated rings. The van der Waals surface area contributed by atoms with Gasteiger partial charge < -0.3 is 4.74 Å². The van der Waals surface area contributed by atoms with Gasteiger partial charge in [0.15, 0.2) is 6.10 Å². The molecule has 1 atom stereocenters. The lowest BCUT2D eigenvalue weighted by Crippen LogP contribution is -2.25. The van der Waals surface area contributed by atoms with Crippen LogP contribution in [0.3, 0.4) is 0 Å². The zero-order valence-electron chi connectivity index (χ0n) is 13.8. The van der Waals surface area contributed by atoms with Crippen LogP contribution in [-0.2, 0) is 14.8 Å². The van der Waals surface area contributed by atoms with Crippen LogP contribution in [0.4, 0.5) is 10.1 Å². The van der Waals surface area contributed by atoms with Crippen molar-refractivity contribution in [1.29, 1.82) is 0 Å². The number of carbonyl (C=O) groups is 2. The van der Waals surface area contributed by atoms with E-state index < -0.39 is 39.3 Å². The highest BCUT2D eigenvalue weighted by molar-refractivity contribution is 7.92. The summed E-state index contributed by atoms with van der Waals surface area (Å²) in [6.07, 6.45) is -0.187. The van der Waals surface area contributed by atoms with E-state index in [4.69, 9.17) is 16.3 Å². The Labute approximate surface area is 155 Å². The zero-order valence-corrected chi connectivity index (χ0v) is 15.4. The van der Waals surface area contributed by atoms with Crippen LogP contribution in [0.2, 0.25) is 5.02 Å². The van der Waals surface area contributed by atoms with Crippen molar-refractivity contribution in [3.63, 3.8) is 0 Å². The molecule has 0 amide bonds. The summed E-state index contributed by atoms with van der Waals surface area (Å²) in [5, 5.41) is -0.120. The molecule has 0 saturated carbocycles. The second-order valence-corrected chi connectivity index (χ2v) is 7.62. The number of Topliss-reactive ketones (excluding diaryl/α,β-unsaturated/α-hetero) is 1. The molecule has 0 aliphatic rings. The van der Waals surface area contributed by atoms with Crippen molar-refractivity contribution in [2.75, 3.05) is 11.0 Å². The van der Waals surface area contributed by atoms with Crippen molar-refractivity contribution in [2.24, 2.45) is 0 Å². The number of hydrogen-bond donors (Lipinski definition) is 1. The van der Waals surface area contributed by atoms with Crippen LogP contribution in [0.1, 0.15) is 27.6 Å². The fourth-order valence-corrected chi connectivity index (χ4v) is 2.92. The fraction of sp³-hybridized carbons (Fsp3) is 0.176. The molecule has 0 heterocycles. The smallest absolute Gasteiger partial charge is 0.343 e. The van der Waals surface area contributed by atoms with E-state index in [0.29, 0.717) is 0 Å². The highest BCUT2D eigenvalue weighted by atomic mass is 35.5. The van der Waals surface area contributed by atoms with Crippen LogP contribution in [0, 0.1) is 5.82 Å². The van der Waals surface area contributed by atoms with E-state index in [9.17, 15) is 22.4 Å². The summed E-state index contributed by atoms with van der Waals surface area (Å²) in [7, 11) is -3.43. The molecule has 0 saturated heterocycles. The molecule has 138 valence electrons. The maximum atomic E-state index is 13.7. The first-order valence-corrected chi connectivity index (χ1v) is 9.62. The largest absolute Gasteiger partial charge is 0.451 e. The second kappa shape index (κ2) is 7.84. The first-order valence-electron chi connectivity index (χ1n) is 7.35. The van der Waals surface area contributed by atoms with Gasteiger partial charge in [0.2, 0.25) is 15.8 Å². The van der Waals surface area contributed by atoms with E-state index in [-0.39, 0.29) is 16.3 Å². The Morgan fingerprint density at radius 3 is 2.31 bits per heavy atom. The molecule has 0 unspecified atom stereocenters. The van der Waals surface area contributed by atoms with Gasteiger partial charge in [-0.05, 0) is 43.3 Å². The summed E-state index contributed by atoms with van der Waals surface area (Å²) < 4.78 is 43.3. The molecule has 9 heteroatoms. The molecule has 2 rings (SSSR count). The molecule has 6 nitrogen and oxygen atoms in total. The van der Waals surface area contributed by atoms with Gasteiger partial charge in [0, 0.05) is 11.3 Å². The maximum Gasteiger partial charge on any atom is 0.343 e. The molecule has 26 heavy (non-hydrogen) atoms. The van der Waals surface area contributed by atoms with Crippen LogP contribution in [0.15, 0.2) is 42.5 Å². The fourth-order valence-electron chi connectivity index (χ4n) is 2.12. The number of rotatable bonds is 6. The number of sulfonamides is 1. The summed E-state index contributed by atoms with van der Waals surface area (Å²) in [6.45, 7) is 1.34. The standard InChI is InChI=1S/C17H15ClFNO5S/c1-10(25-17(22)15-13(18)4-3-5-14(15)19)16(21)11-6-8-12(9-7-11)20-26(2,23)24/h3-10,20H,1-2H3/t10-/m0/s1. The number of carbonyl (C=O) groups excluding carboxylic acids is 2. The highest BCUT2D eigenvalue weighted by Gasteiger charge is 2.24. The van der Waals surface area contributed by atoms with Crippen LogP contribution < -0.4 is 4.72 Å². The van der Waals surface area contributed by atoms with Gasteiger partial charge in [-0.15, -0.1) is 0 Å². The molecule has 0 radical (unpaired) electrons. The van der Waals surface area contributed by atoms with Crippen molar-refractivity contribution in [2.45, 2.75) is 13.0 Å². The highest BCUT2D eigenvalue weighted by Crippen LogP contribution is 2.21. The zero-order chi connectivity index (χ0) is 19.5. The number of nitrogens with one attached hydrogen (secondary N) is 1. The third-order valence-corrected chi connectivity index (χ3v) is 4.21. The molecular formula is C17H15ClFNO5S. The van der Waals surface area contributed by atoms with Crippen LogP contribution >= 0.6 is 11.6 Å². The van der Waals surface area contributed by atoms with Crippen molar-refractivity contribution in [3.8, 4) is 0 Å². The predicted molar refractivity (Wildman–Crippen MR) is 95.5 cm³/mol. The maximum absolute atomic E-state index is 13.7. The lowest BCUT2D eigenvalue weighted by molar-refractivity contribution is 0.0314. The summed E-state index contributed by atoms with van der Waals surface area (Å²) in [6, 6.07) is 9.30. The Bertz CT molecular complexity index is 924. The monoisotopic (exact) mass is 399 g/mol. The number of anilines is 1. The molecule has 0 aliphatic heterocycles. The summed E-state index contributed by atoms with van der Waals surface area (Å²) in [5.74, 6) is -2.43. The van der Waals surface area contributed by atoms with Gasteiger partial charge in [0.05, 0.1) is 11.3 Å². The predicted octanol–water partition coefficient (Wildman–Crippen LogP) is 3.28. The van der Waals surface area contributed by atoms with E-state index in [1.807, 2.05) is 0 Å². The molecule has 2 aromatic rings. The molecule has 1 N–H and O–H groups in total. The number of ether oxygens (including phenoxy) is 1. The topological polar surface area (TPSA) is 89.5 Å². The van der Waals surface area contributed by atoms with E-state index >= 15 is 0 Å². The molecule has 2 aromatic carbocycles. The van der Waals surface area contributed by atoms with E-state index in [0.717, 1.165) is 12.3 Å². The van der Waals surface area contributed by atoms with Gasteiger partial charge in [-0.3, -0.25) is 9.52 Å². The average Bonchev–Trinajstić information content (AvgIpc) is 2.53. The Morgan fingerprint density at radius 1 is 1.15 bits per heavy atom. The number of hydrogen-bond acceptors (Lipinski definition) is 5. The van der Waals surface area contributed by atoms with Crippen LogP contribution in [-0.4, -0.2) is 32.5 Å². The van der Waals surface area contributed by atoms with Crippen LogP contribution in [0.25, 0.3) is 0 Å². The first kappa shape index (κ1) is 19.9. The van der Waals surface area contributed by atoms with Gasteiger partial charge in [-0.2, -0.15) is 0 Å². The van der Waals surface area contributed by atoms with Crippen molar-refractivity contribution < 1.29 is 27.1 Å². The minimum absolute atomic E-state index is 0.120. The third kappa shape index (κ3) is 5.03. The summed E-state index contributed by atoms with van der Waals surface area (Å²) >= 11 is 5.79. The lowest BCUT2D eigenvalue weighted by Gasteiger charge is -2.14. The molecule has 0 bridgehead atoms. The Balaban J connectivity index is 2.11. The molecular weight excluding hydrogens is 385 g/mol. The minimum atomic E-state index is -3.43. The minimum Gasteiger partial charge on any atom is -0.451 e. The van der Waals surface area contributed by atoms with Gasteiger partial charge in [-0.25, -0.2) is 17.6 Å². The molecule has 0 aromatic heterocycles.